The highest BCUT2D eigenvalue weighted by Gasteiger charge is 2.34. The third-order valence-electron chi connectivity index (χ3n) is 5.19. The van der Waals surface area contributed by atoms with Crippen LogP contribution in [0.3, 0.4) is 0 Å². The maximum atomic E-state index is 12.8. The van der Waals surface area contributed by atoms with Gasteiger partial charge >= 0.3 is 5.97 Å². The van der Waals surface area contributed by atoms with E-state index in [0.717, 1.165) is 16.5 Å². The van der Waals surface area contributed by atoms with Gasteiger partial charge in [-0.25, -0.2) is 4.68 Å². The molecule has 2 aromatic heterocycles. The van der Waals surface area contributed by atoms with Gasteiger partial charge in [0.25, 0.3) is 5.91 Å². The fraction of sp³-hybridized carbons (Fsp3) is 0.350. The maximum Gasteiger partial charge on any atom is 0.305 e. The minimum Gasteiger partial charge on any atom is -0.481 e. The van der Waals surface area contributed by atoms with Gasteiger partial charge in [-0.2, -0.15) is 0 Å². The lowest BCUT2D eigenvalue weighted by Crippen LogP contribution is -2.51. The molecule has 146 valence electrons. The van der Waals surface area contributed by atoms with Gasteiger partial charge in [0, 0.05) is 23.2 Å². The van der Waals surface area contributed by atoms with E-state index in [9.17, 15) is 14.7 Å². The van der Waals surface area contributed by atoms with Crippen molar-refractivity contribution in [2.24, 2.45) is 5.92 Å². The second-order valence-electron chi connectivity index (χ2n) is 7.41. The molecule has 0 radical (unpaired) electrons. The zero-order valence-corrected chi connectivity index (χ0v) is 16.3. The van der Waals surface area contributed by atoms with E-state index in [4.69, 9.17) is 0 Å². The first-order valence-electron chi connectivity index (χ1n) is 9.02. The molecule has 2 heterocycles. The van der Waals surface area contributed by atoms with Crippen LogP contribution in [0.2, 0.25) is 0 Å². The summed E-state index contributed by atoms with van der Waals surface area (Å²) < 4.78 is 1.61. The average Bonchev–Trinajstić information content (AvgIpc) is 3.01. The molecule has 1 atom stereocenters. The number of amides is 1. The zero-order valence-electron chi connectivity index (χ0n) is 16.3. The molecule has 8 heteroatoms. The number of carboxylic acids is 1. The van der Waals surface area contributed by atoms with Crippen LogP contribution in [0.1, 0.15) is 43.4 Å². The number of nitrogens with zero attached hydrogens (tertiary/aromatic N) is 4. The summed E-state index contributed by atoms with van der Waals surface area (Å²) in [5, 5.41) is 22.2. The van der Waals surface area contributed by atoms with Gasteiger partial charge in [-0.05, 0) is 31.9 Å². The van der Waals surface area contributed by atoms with Crippen molar-refractivity contribution in [2.45, 2.75) is 39.7 Å². The van der Waals surface area contributed by atoms with E-state index >= 15 is 0 Å². The number of carbonyl (C=O) groups excluding carboxylic acids is 1. The summed E-state index contributed by atoms with van der Waals surface area (Å²) in [5.74, 6) is -1.49. The quantitative estimate of drug-likeness (QED) is 0.679. The molecule has 1 amide bonds. The molecule has 8 nitrogen and oxygen atoms in total. The number of benzene rings is 1. The maximum absolute atomic E-state index is 12.8. The SMILES string of the molecule is Cc1c(C(=O)NC(C)(CC(=O)O)C(C)C)nnn1-c1cccc2cnccc12. The largest absolute Gasteiger partial charge is 0.481 e. The Bertz CT molecular complexity index is 1040. The third-order valence-corrected chi connectivity index (χ3v) is 5.19. The van der Waals surface area contributed by atoms with Crippen molar-refractivity contribution in [1.82, 2.24) is 25.3 Å². The lowest BCUT2D eigenvalue weighted by atomic mass is 9.85. The Labute approximate surface area is 162 Å². The number of hydrogen-bond donors (Lipinski definition) is 2. The fourth-order valence-electron chi connectivity index (χ4n) is 3.08. The van der Waals surface area contributed by atoms with Crippen molar-refractivity contribution in [2.75, 3.05) is 0 Å². The van der Waals surface area contributed by atoms with Crippen LogP contribution in [0.25, 0.3) is 16.5 Å². The Morgan fingerprint density at radius 1 is 1.29 bits per heavy atom. The number of carbonyl (C=O) groups is 2. The first-order chi connectivity index (χ1) is 13.2. The topological polar surface area (TPSA) is 110 Å². The summed E-state index contributed by atoms with van der Waals surface area (Å²) in [6.45, 7) is 7.23. The highest BCUT2D eigenvalue weighted by Crippen LogP contribution is 2.24. The first kappa shape index (κ1) is 19.5. The van der Waals surface area contributed by atoms with Crippen molar-refractivity contribution in [3.05, 3.63) is 48.0 Å². The molecule has 2 N–H and O–H groups in total. The van der Waals surface area contributed by atoms with Crippen molar-refractivity contribution >= 4 is 22.6 Å². The summed E-state index contributed by atoms with van der Waals surface area (Å²) in [6.07, 6.45) is 3.28. The van der Waals surface area contributed by atoms with Gasteiger partial charge < -0.3 is 10.4 Å². The smallest absolute Gasteiger partial charge is 0.305 e. The average molecular weight is 381 g/mol. The number of aliphatic carboxylic acids is 1. The number of aromatic nitrogens is 4. The Balaban J connectivity index is 1.96. The van der Waals surface area contributed by atoms with Crippen LogP contribution in [0, 0.1) is 12.8 Å². The van der Waals surface area contributed by atoms with Crippen molar-refractivity contribution in [3.8, 4) is 5.69 Å². The highest BCUT2D eigenvalue weighted by molar-refractivity contribution is 5.95. The number of hydrogen-bond acceptors (Lipinski definition) is 5. The lowest BCUT2D eigenvalue weighted by Gasteiger charge is -2.33. The number of nitrogens with one attached hydrogen (secondary N) is 1. The lowest BCUT2D eigenvalue weighted by molar-refractivity contribution is -0.138. The third kappa shape index (κ3) is 3.58. The van der Waals surface area contributed by atoms with Crippen molar-refractivity contribution < 1.29 is 14.7 Å². The second-order valence-corrected chi connectivity index (χ2v) is 7.41. The molecule has 0 aliphatic rings. The minimum atomic E-state index is -0.971. The van der Waals surface area contributed by atoms with E-state index < -0.39 is 17.4 Å². The summed E-state index contributed by atoms with van der Waals surface area (Å²) in [4.78, 5) is 28.2. The number of fused-ring (bicyclic) bond motifs is 1. The molecule has 0 bridgehead atoms. The minimum absolute atomic E-state index is 0.0755. The molecule has 0 spiro atoms. The van der Waals surface area contributed by atoms with Crippen molar-refractivity contribution in [1.29, 1.82) is 0 Å². The molecule has 28 heavy (non-hydrogen) atoms. The van der Waals surface area contributed by atoms with Crippen LogP contribution in [0.5, 0.6) is 0 Å². The Morgan fingerprint density at radius 2 is 2.04 bits per heavy atom. The van der Waals surface area contributed by atoms with Gasteiger partial charge in [0.15, 0.2) is 5.69 Å². The van der Waals surface area contributed by atoms with Gasteiger partial charge in [0.2, 0.25) is 0 Å². The van der Waals surface area contributed by atoms with E-state index in [1.165, 1.54) is 0 Å². The number of carboxylic acid groups (broad SMARTS) is 1. The predicted octanol–water partition coefficient (Wildman–Crippen LogP) is 2.74. The molecular formula is C20H23N5O3. The molecule has 0 aliphatic carbocycles. The van der Waals surface area contributed by atoms with Crippen LogP contribution in [-0.4, -0.2) is 42.5 Å². The summed E-state index contributed by atoms with van der Waals surface area (Å²) >= 11 is 0. The van der Waals surface area contributed by atoms with Crippen molar-refractivity contribution in [3.63, 3.8) is 0 Å². The molecule has 1 aromatic carbocycles. The summed E-state index contributed by atoms with van der Waals surface area (Å²) in [6, 6.07) is 7.62. The van der Waals surface area contributed by atoms with E-state index in [-0.39, 0.29) is 18.0 Å². The van der Waals surface area contributed by atoms with Gasteiger partial charge in [-0.3, -0.25) is 14.6 Å². The number of pyridine rings is 1. The van der Waals surface area contributed by atoms with Crippen LogP contribution in [-0.2, 0) is 4.79 Å². The highest BCUT2D eigenvalue weighted by atomic mass is 16.4. The molecule has 0 saturated heterocycles. The van der Waals surface area contributed by atoms with E-state index in [1.807, 2.05) is 38.1 Å². The van der Waals surface area contributed by atoms with E-state index in [1.54, 1.807) is 30.9 Å². The molecule has 0 saturated carbocycles. The van der Waals surface area contributed by atoms with Gasteiger partial charge in [0.1, 0.15) is 0 Å². The normalized spacial score (nSPS) is 13.5. The Hall–Kier alpha value is -3.29. The number of rotatable bonds is 6. The molecule has 0 fully saturated rings. The van der Waals surface area contributed by atoms with E-state index in [0.29, 0.717) is 5.69 Å². The van der Waals surface area contributed by atoms with Crippen LogP contribution >= 0.6 is 0 Å². The van der Waals surface area contributed by atoms with Crippen LogP contribution in [0.15, 0.2) is 36.7 Å². The molecule has 3 aromatic rings. The second kappa shape index (κ2) is 7.38. The molecule has 3 rings (SSSR count). The monoisotopic (exact) mass is 381 g/mol. The fourth-order valence-corrected chi connectivity index (χ4v) is 3.08. The van der Waals surface area contributed by atoms with Gasteiger partial charge in [0.05, 0.1) is 23.3 Å². The van der Waals surface area contributed by atoms with E-state index in [2.05, 4.69) is 20.6 Å². The Kier molecular flexibility index (Phi) is 5.13. The molecule has 0 aliphatic heterocycles. The van der Waals surface area contributed by atoms with Crippen LogP contribution in [0.4, 0.5) is 0 Å². The summed E-state index contributed by atoms with van der Waals surface area (Å²) in [5.41, 5.74) is 0.636. The molecule has 1 unspecified atom stereocenters. The van der Waals surface area contributed by atoms with Gasteiger partial charge in [-0.1, -0.05) is 31.2 Å². The first-order valence-corrected chi connectivity index (χ1v) is 9.02. The standard InChI is InChI=1S/C20H23N5O3/c1-12(2)20(4,10-17(26)27)22-19(28)18-13(3)25(24-23-18)16-7-5-6-14-11-21-9-8-15(14)16/h5-9,11-12H,10H2,1-4H3,(H,22,28)(H,26,27). The zero-order chi connectivity index (χ0) is 20.5. The predicted molar refractivity (Wildman–Crippen MR) is 104 cm³/mol. The van der Waals surface area contributed by atoms with Gasteiger partial charge in [-0.15, -0.1) is 5.10 Å². The Morgan fingerprint density at radius 3 is 2.71 bits per heavy atom. The summed E-state index contributed by atoms with van der Waals surface area (Å²) in [7, 11) is 0. The molecular weight excluding hydrogens is 358 g/mol. The van der Waals surface area contributed by atoms with Crippen LogP contribution < -0.4 is 5.32 Å².